The summed E-state index contributed by atoms with van der Waals surface area (Å²) in [7, 11) is 0. The van der Waals surface area contributed by atoms with E-state index >= 15 is 0 Å². The van der Waals surface area contributed by atoms with E-state index in [1.165, 1.54) is 36.8 Å². The number of aromatic nitrogens is 1. The Morgan fingerprint density at radius 1 is 1.18 bits per heavy atom. The van der Waals surface area contributed by atoms with Gasteiger partial charge in [0.25, 0.3) is 0 Å². The molecule has 0 atom stereocenters. The Kier molecular flexibility index (Phi) is 2.50. The molecule has 2 nitrogen and oxygen atoms in total. The molecular weight excluding hydrogens is 210 g/mol. The number of rotatable bonds is 1. The zero-order valence-electron chi connectivity index (χ0n) is 10.1. The van der Waals surface area contributed by atoms with Gasteiger partial charge in [-0.1, -0.05) is 18.9 Å². The maximum absolute atomic E-state index is 9.64. The molecule has 1 aromatic heterocycles. The zero-order chi connectivity index (χ0) is 11.8. The number of phenolic OH excluding ortho intramolecular Hbond substituents is 1. The second-order valence-corrected chi connectivity index (χ2v) is 5.04. The van der Waals surface area contributed by atoms with Crippen molar-refractivity contribution < 1.29 is 5.11 Å². The van der Waals surface area contributed by atoms with Gasteiger partial charge >= 0.3 is 0 Å². The van der Waals surface area contributed by atoms with Crippen LogP contribution in [0.1, 0.15) is 43.0 Å². The molecule has 1 aromatic carbocycles. The molecule has 1 saturated carbocycles. The third-order valence-corrected chi connectivity index (χ3v) is 3.72. The van der Waals surface area contributed by atoms with Gasteiger partial charge in [0.2, 0.25) is 0 Å². The number of nitrogens with zero attached hydrogens (tertiary/aromatic N) is 1. The molecule has 2 heteroatoms. The highest BCUT2D eigenvalue weighted by atomic mass is 16.3. The minimum absolute atomic E-state index is 0.336. The molecule has 1 aliphatic carbocycles. The fourth-order valence-corrected chi connectivity index (χ4v) is 2.91. The quantitative estimate of drug-likeness (QED) is 0.801. The highest BCUT2D eigenvalue weighted by Crippen LogP contribution is 2.37. The van der Waals surface area contributed by atoms with Crippen molar-refractivity contribution >= 4 is 10.8 Å². The Hall–Kier alpha value is -1.57. The lowest BCUT2D eigenvalue weighted by molar-refractivity contribution is 0.476. The fraction of sp³-hybridized carbons (Fsp3) is 0.400. The van der Waals surface area contributed by atoms with E-state index in [9.17, 15) is 5.11 Å². The zero-order valence-corrected chi connectivity index (χ0v) is 10.1. The van der Waals surface area contributed by atoms with Crippen molar-refractivity contribution in [1.82, 2.24) is 4.98 Å². The van der Waals surface area contributed by atoms with Crippen LogP contribution in [0.15, 0.2) is 24.3 Å². The van der Waals surface area contributed by atoms with Crippen LogP contribution in [-0.2, 0) is 0 Å². The summed E-state index contributed by atoms with van der Waals surface area (Å²) < 4.78 is 0. The van der Waals surface area contributed by atoms with Crippen LogP contribution in [0.25, 0.3) is 10.8 Å². The summed E-state index contributed by atoms with van der Waals surface area (Å²) in [6.07, 6.45) is 5.09. The number of aromatic hydroxyl groups is 1. The predicted octanol–water partition coefficient (Wildman–Crippen LogP) is 3.91. The van der Waals surface area contributed by atoms with Gasteiger partial charge < -0.3 is 5.11 Å². The van der Waals surface area contributed by atoms with E-state index in [4.69, 9.17) is 4.98 Å². The normalized spacial score (nSPS) is 16.8. The summed E-state index contributed by atoms with van der Waals surface area (Å²) in [4.78, 5) is 4.71. The average Bonchev–Trinajstić information content (AvgIpc) is 2.82. The van der Waals surface area contributed by atoms with Crippen molar-refractivity contribution in [1.29, 1.82) is 0 Å². The number of fused-ring (bicyclic) bond motifs is 1. The van der Waals surface area contributed by atoms with Crippen molar-refractivity contribution in [2.24, 2.45) is 0 Å². The summed E-state index contributed by atoms with van der Waals surface area (Å²) in [5.41, 5.74) is 2.26. The molecule has 1 fully saturated rings. The van der Waals surface area contributed by atoms with Crippen LogP contribution in [0, 0.1) is 6.92 Å². The molecule has 1 N–H and O–H groups in total. The molecular formula is C15H17NO. The van der Waals surface area contributed by atoms with Crippen LogP contribution in [0.5, 0.6) is 5.75 Å². The lowest BCUT2D eigenvalue weighted by Crippen LogP contribution is -1.99. The number of pyridine rings is 1. The molecule has 0 bridgehead atoms. The smallest absolute Gasteiger partial charge is 0.116 e. The minimum atomic E-state index is 0.336. The van der Waals surface area contributed by atoms with Gasteiger partial charge in [-0.2, -0.15) is 0 Å². The molecule has 0 spiro atoms. The van der Waals surface area contributed by atoms with Gasteiger partial charge in [-0.25, -0.2) is 0 Å². The van der Waals surface area contributed by atoms with Crippen molar-refractivity contribution in [2.75, 3.05) is 0 Å². The molecule has 1 heterocycles. The van der Waals surface area contributed by atoms with E-state index in [-0.39, 0.29) is 0 Å². The molecule has 0 amide bonds. The van der Waals surface area contributed by atoms with Gasteiger partial charge in [-0.3, -0.25) is 4.98 Å². The van der Waals surface area contributed by atoms with E-state index < -0.39 is 0 Å². The summed E-state index contributed by atoms with van der Waals surface area (Å²) in [5.74, 6) is 0.918. The van der Waals surface area contributed by atoms with Crippen molar-refractivity contribution in [3.05, 3.63) is 35.7 Å². The molecule has 0 radical (unpaired) electrons. The van der Waals surface area contributed by atoms with Gasteiger partial charge in [0, 0.05) is 17.0 Å². The second-order valence-electron chi connectivity index (χ2n) is 5.04. The summed E-state index contributed by atoms with van der Waals surface area (Å²) in [5, 5.41) is 12.0. The van der Waals surface area contributed by atoms with E-state index in [0.717, 1.165) is 11.1 Å². The number of aryl methyl sites for hydroxylation is 1. The van der Waals surface area contributed by atoms with Gasteiger partial charge in [0.15, 0.2) is 0 Å². The highest BCUT2D eigenvalue weighted by molar-refractivity contribution is 5.86. The standard InChI is InChI=1S/C15H17NO/c1-10-8-12-6-7-13(17)9-14(12)15(16-10)11-4-2-3-5-11/h6-9,11,17H,2-5H2,1H3. The number of phenols is 1. The van der Waals surface area contributed by atoms with Crippen LogP contribution in [0.3, 0.4) is 0 Å². The Morgan fingerprint density at radius 2 is 1.94 bits per heavy atom. The first-order valence-electron chi connectivity index (χ1n) is 6.34. The largest absolute Gasteiger partial charge is 0.508 e. The third-order valence-electron chi connectivity index (χ3n) is 3.72. The van der Waals surface area contributed by atoms with Gasteiger partial charge in [0.1, 0.15) is 5.75 Å². The van der Waals surface area contributed by atoms with Crippen LogP contribution in [0.2, 0.25) is 0 Å². The lowest BCUT2D eigenvalue weighted by atomic mass is 9.97. The van der Waals surface area contributed by atoms with Crippen LogP contribution in [-0.4, -0.2) is 10.1 Å². The maximum Gasteiger partial charge on any atom is 0.116 e. The lowest BCUT2D eigenvalue weighted by Gasteiger charge is -2.13. The first kappa shape index (κ1) is 10.6. The molecule has 2 aromatic rings. The Labute approximate surface area is 101 Å². The molecule has 17 heavy (non-hydrogen) atoms. The maximum atomic E-state index is 9.64. The molecule has 0 aliphatic heterocycles. The topological polar surface area (TPSA) is 33.1 Å². The van der Waals surface area contributed by atoms with E-state index in [0.29, 0.717) is 11.7 Å². The Morgan fingerprint density at radius 3 is 2.71 bits per heavy atom. The van der Waals surface area contributed by atoms with Gasteiger partial charge in [-0.05, 0) is 43.4 Å². The molecule has 3 rings (SSSR count). The number of benzene rings is 1. The third kappa shape index (κ3) is 1.88. The predicted molar refractivity (Wildman–Crippen MR) is 69.4 cm³/mol. The molecule has 1 aliphatic rings. The molecule has 0 unspecified atom stereocenters. The SMILES string of the molecule is Cc1cc2ccc(O)cc2c(C2CCCC2)n1. The minimum Gasteiger partial charge on any atom is -0.508 e. The first-order chi connectivity index (χ1) is 8.24. The Bertz CT molecular complexity index is 556. The van der Waals surface area contributed by atoms with E-state index in [2.05, 4.69) is 6.07 Å². The van der Waals surface area contributed by atoms with E-state index in [1.54, 1.807) is 6.07 Å². The van der Waals surface area contributed by atoms with Crippen LogP contribution >= 0.6 is 0 Å². The number of hydrogen-bond acceptors (Lipinski definition) is 2. The molecule has 0 saturated heterocycles. The first-order valence-corrected chi connectivity index (χ1v) is 6.34. The van der Waals surface area contributed by atoms with Crippen molar-refractivity contribution in [3.63, 3.8) is 0 Å². The second kappa shape index (κ2) is 4.02. The molecule has 88 valence electrons. The average molecular weight is 227 g/mol. The summed E-state index contributed by atoms with van der Waals surface area (Å²) in [6, 6.07) is 7.68. The van der Waals surface area contributed by atoms with Gasteiger partial charge in [0.05, 0.1) is 5.69 Å². The van der Waals surface area contributed by atoms with Crippen molar-refractivity contribution in [2.45, 2.75) is 38.5 Å². The van der Waals surface area contributed by atoms with Gasteiger partial charge in [-0.15, -0.1) is 0 Å². The highest BCUT2D eigenvalue weighted by Gasteiger charge is 2.20. The number of hydrogen-bond donors (Lipinski definition) is 1. The van der Waals surface area contributed by atoms with Crippen molar-refractivity contribution in [3.8, 4) is 5.75 Å². The monoisotopic (exact) mass is 227 g/mol. The summed E-state index contributed by atoms with van der Waals surface area (Å²) >= 11 is 0. The summed E-state index contributed by atoms with van der Waals surface area (Å²) in [6.45, 7) is 2.05. The Balaban J connectivity index is 2.23. The van der Waals surface area contributed by atoms with Crippen LogP contribution < -0.4 is 0 Å². The van der Waals surface area contributed by atoms with E-state index in [1.807, 2.05) is 19.1 Å². The van der Waals surface area contributed by atoms with Crippen LogP contribution in [0.4, 0.5) is 0 Å². The fourth-order valence-electron chi connectivity index (χ4n) is 2.91.